The molecule has 6 heteroatoms. The number of para-hydroxylation sites is 1. The van der Waals surface area contributed by atoms with E-state index in [1.165, 1.54) is 12.3 Å². The molecule has 1 atom stereocenters. The summed E-state index contributed by atoms with van der Waals surface area (Å²) in [5.41, 5.74) is 1.17. The third-order valence-corrected chi connectivity index (χ3v) is 3.57. The highest BCUT2D eigenvalue weighted by Gasteiger charge is 2.15. The molecular formula is C18H15F2N3O. The lowest BCUT2D eigenvalue weighted by molar-refractivity contribution is -0.116. The molecule has 1 heterocycles. The molecule has 0 saturated carbocycles. The average molecular weight is 327 g/mol. The van der Waals surface area contributed by atoms with Crippen molar-refractivity contribution in [1.82, 2.24) is 4.98 Å². The molecule has 0 saturated heterocycles. The predicted molar refractivity (Wildman–Crippen MR) is 89.8 cm³/mol. The van der Waals surface area contributed by atoms with Gasteiger partial charge >= 0.3 is 0 Å². The average Bonchev–Trinajstić information content (AvgIpc) is 2.56. The Balaban J connectivity index is 1.83. The van der Waals surface area contributed by atoms with Crippen LogP contribution in [-0.4, -0.2) is 16.9 Å². The van der Waals surface area contributed by atoms with E-state index in [9.17, 15) is 13.6 Å². The van der Waals surface area contributed by atoms with Gasteiger partial charge in [-0.2, -0.15) is 0 Å². The van der Waals surface area contributed by atoms with Gasteiger partial charge in [-0.1, -0.05) is 18.2 Å². The molecule has 1 unspecified atom stereocenters. The molecule has 3 rings (SSSR count). The Labute approximate surface area is 137 Å². The number of halogens is 2. The zero-order valence-electron chi connectivity index (χ0n) is 12.9. The first-order valence-corrected chi connectivity index (χ1v) is 7.41. The highest BCUT2D eigenvalue weighted by atomic mass is 19.1. The molecule has 0 bridgehead atoms. The Hall–Kier alpha value is -3.02. The van der Waals surface area contributed by atoms with E-state index in [-0.39, 0.29) is 16.8 Å². The molecule has 2 N–H and O–H groups in total. The van der Waals surface area contributed by atoms with Gasteiger partial charge in [-0.15, -0.1) is 0 Å². The molecule has 0 aliphatic rings. The highest BCUT2D eigenvalue weighted by Crippen LogP contribution is 2.25. The van der Waals surface area contributed by atoms with Gasteiger partial charge in [-0.25, -0.2) is 8.78 Å². The van der Waals surface area contributed by atoms with Gasteiger partial charge in [-0.05, 0) is 31.2 Å². The maximum atomic E-state index is 13.8. The fraction of sp³-hybridized carbons (Fsp3) is 0.111. The minimum Gasteiger partial charge on any atom is -0.373 e. The highest BCUT2D eigenvalue weighted by molar-refractivity contribution is 5.98. The number of nitrogens with one attached hydrogen (secondary N) is 2. The first-order chi connectivity index (χ1) is 11.5. The van der Waals surface area contributed by atoms with Crippen molar-refractivity contribution < 1.29 is 13.6 Å². The molecule has 1 amide bonds. The van der Waals surface area contributed by atoms with E-state index in [1.54, 1.807) is 25.1 Å². The van der Waals surface area contributed by atoms with Gasteiger partial charge in [-0.3, -0.25) is 9.78 Å². The number of nitrogens with zero attached hydrogens (tertiary/aromatic N) is 1. The van der Waals surface area contributed by atoms with E-state index in [0.717, 1.165) is 6.07 Å². The van der Waals surface area contributed by atoms with Crippen LogP contribution in [0.25, 0.3) is 10.9 Å². The van der Waals surface area contributed by atoms with Crippen LogP contribution in [0.15, 0.2) is 54.7 Å². The van der Waals surface area contributed by atoms with E-state index >= 15 is 0 Å². The summed E-state index contributed by atoms with van der Waals surface area (Å²) in [7, 11) is 0. The van der Waals surface area contributed by atoms with Gasteiger partial charge in [0, 0.05) is 29.0 Å². The van der Waals surface area contributed by atoms with Crippen molar-refractivity contribution in [3.05, 3.63) is 66.4 Å². The second kappa shape index (κ2) is 6.62. The number of benzene rings is 2. The molecule has 24 heavy (non-hydrogen) atoms. The lowest BCUT2D eigenvalue weighted by atomic mass is 10.1. The summed E-state index contributed by atoms with van der Waals surface area (Å²) in [5.74, 6) is -1.70. The largest absolute Gasteiger partial charge is 0.373 e. The van der Waals surface area contributed by atoms with Crippen LogP contribution in [0.5, 0.6) is 0 Å². The first-order valence-electron chi connectivity index (χ1n) is 7.41. The quantitative estimate of drug-likeness (QED) is 0.763. The second-order valence-corrected chi connectivity index (χ2v) is 5.36. The zero-order chi connectivity index (χ0) is 17.1. The van der Waals surface area contributed by atoms with Crippen molar-refractivity contribution in [2.24, 2.45) is 0 Å². The van der Waals surface area contributed by atoms with E-state index in [0.29, 0.717) is 11.4 Å². The van der Waals surface area contributed by atoms with Gasteiger partial charge in [0.15, 0.2) is 5.82 Å². The Morgan fingerprint density at radius 2 is 1.88 bits per heavy atom. The van der Waals surface area contributed by atoms with Gasteiger partial charge < -0.3 is 10.6 Å². The van der Waals surface area contributed by atoms with Crippen LogP contribution in [0.2, 0.25) is 0 Å². The standard InChI is InChI=1S/C18H15F2N3O/c1-11(18(24)23-13-5-3-2-4-6-13)22-16-7-8-21-17-14(16)9-12(19)10-15(17)20/h2-11H,1H3,(H,21,22)(H,23,24). The number of hydrogen-bond donors (Lipinski definition) is 2. The van der Waals surface area contributed by atoms with Crippen LogP contribution in [-0.2, 0) is 4.79 Å². The third-order valence-electron chi connectivity index (χ3n) is 3.57. The molecule has 0 aliphatic heterocycles. The molecule has 0 radical (unpaired) electrons. The molecule has 4 nitrogen and oxygen atoms in total. The maximum Gasteiger partial charge on any atom is 0.246 e. The third kappa shape index (κ3) is 3.32. The molecule has 1 aromatic heterocycles. The van der Waals surface area contributed by atoms with Crippen molar-refractivity contribution in [2.75, 3.05) is 10.6 Å². The van der Waals surface area contributed by atoms with Gasteiger partial charge in [0.2, 0.25) is 5.91 Å². The number of hydrogen-bond acceptors (Lipinski definition) is 3. The number of aromatic nitrogens is 1. The SMILES string of the molecule is CC(Nc1ccnc2c(F)cc(F)cc12)C(=O)Nc1ccccc1. The van der Waals surface area contributed by atoms with Gasteiger partial charge in [0.05, 0.1) is 0 Å². The Kier molecular flexibility index (Phi) is 4.37. The minimum absolute atomic E-state index is 0.0528. The normalized spacial score (nSPS) is 12.0. The maximum absolute atomic E-state index is 13.8. The Morgan fingerprint density at radius 3 is 2.62 bits per heavy atom. The van der Waals surface area contributed by atoms with Crippen LogP contribution >= 0.6 is 0 Å². The van der Waals surface area contributed by atoms with Gasteiger partial charge in [0.1, 0.15) is 17.4 Å². The molecule has 122 valence electrons. The molecule has 0 aliphatic carbocycles. The Morgan fingerprint density at radius 1 is 1.12 bits per heavy atom. The topological polar surface area (TPSA) is 54.0 Å². The summed E-state index contributed by atoms with van der Waals surface area (Å²) >= 11 is 0. The van der Waals surface area contributed by atoms with E-state index in [1.807, 2.05) is 18.2 Å². The Bertz CT molecular complexity index is 884. The zero-order valence-corrected chi connectivity index (χ0v) is 12.9. The van der Waals surface area contributed by atoms with Crippen molar-refractivity contribution in [3.8, 4) is 0 Å². The summed E-state index contributed by atoms with van der Waals surface area (Å²) in [5, 5.41) is 6.03. The lowest BCUT2D eigenvalue weighted by Crippen LogP contribution is -2.31. The number of amides is 1. The summed E-state index contributed by atoms with van der Waals surface area (Å²) in [6.07, 6.45) is 1.41. The monoisotopic (exact) mass is 327 g/mol. The second-order valence-electron chi connectivity index (χ2n) is 5.36. The number of carbonyl (C=O) groups is 1. The number of rotatable bonds is 4. The first kappa shape index (κ1) is 15.9. The summed E-state index contributed by atoms with van der Waals surface area (Å²) in [6, 6.07) is 12.0. The van der Waals surface area contributed by atoms with Crippen LogP contribution < -0.4 is 10.6 Å². The molecule has 2 aromatic carbocycles. The summed E-state index contributed by atoms with van der Waals surface area (Å²) in [6.45, 7) is 1.67. The predicted octanol–water partition coefficient (Wildman–Crippen LogP) is 3.95. The number of anilines is 2. The van der Waals surface area contributed by atoms with Crippen molar-refractivity contribution >= 4 is 28.2 Å². The molecule has 3 aromatic rings. The van der Waals surface area contributed by atoms with E-state index in [4.69, 9.17) is 0 Å². The van der Waals surface area contributed by atoms with Crippen LogP contribution in [0.4, 0.5) is 20.2 Å². The molecular weight excluding hydrogens is 312 g/mol. The lowest BCUT2D eigenvalue weighted by Gasteiger charge is -2.16. The fourth-order valence-corrected chi connectivity index (χ4v) is 2.38. The molecule has 0 fully saturated rings. The van der Waals surface area contributed by atoms with Gasteiger partial charge in [0.25, 0.3) is 0 Å². The van der Waals surface area contributed by atoms with Crippen molar-refractivity contribution in [3.63, 3.8) is 0 Å². The number of carbonyl (C=O) groups excluding carboxylic acids is 1. The van der Waals surface area contributed by atoms with E-state index < -0.39 is 17.7 Å². The van der Waals surface area contributed by atoms with Crippen LogP contribution in [0, 0.1) is 11.6 Å². The summed E-state index contributed by atoms with van der Waals surface area (Å²) < 4.78 is 27.3. The summed E-state index contributed by atoms with van der Waals surface area (Å²) in [4.78, 5) is 16.2. The fourth-order valence-electron chi connectivity index (χ4n) is 2.38. The van der Waals surface area contributed by atoms with E-state index in [2.05, 4.69) is 15.6 Å². The minimum atomic E-state index is -0.741. The smallest absolute Gasteiger partial charge is 0.246 e. The van der Waals surface area contributed by atoms with Crippen LogP contribution in [0.3, 0.4) is 0 Å². The number of fused-ring (bicyclic) bond motifs is 1. The van der Waals surface area contributed by atoms with Crippen molar-refractivity contribution in [1.29, 1.82) is 0 Å². The van der Waals surface area contributed by atoms with Crippen molar-refractivity contribution in [2.45, 2.75) is 13.0 Å². The number of pyridine rings is 1. The molecule has 0 spiro atoms. The van der Waals surface area contributed by atoms with Crippen LogP contribution in [0.1, 0.15) is 6.92 Å².